The van der Waals surface area contributed by atoms with Gasteiger partial charge in [-0.1, -0.05) is 179 Å². The Kier molecular flexibility index (Phi) is 41.3. The van der Waals surface area contributed by atoms with E-state index in [2.05, 4.69) is 50.3 Å². The fourth-order valence-electron chi connectivity index (χ4n) is 6.76. The third-order valence-corrected chi connectivity index (χ3v) is 11.6. The molecule has 0 aliphatic rings. The lowest BCUT2D eigenvalue weighted by atomic mass is 10.0. The SMILES string of the molecule is CCCCCC/C=C/C=C/CCCCCCCC(=O)OC[C@H](COP(=O)([O-])OCC[N+](C)(C)C)OC(=O)CCCCCCCCCCCCC/C=C/CCCCCCCC. The Morgan fingerprint density at radius 2 is 0.900 bits per heavy atom. The fraction of sp³-hybridized carbons (Fsp3) is 0.840. The molecule has 1 unspecified atom stereocenters. The predicted octanol–water partition coefficient (Wildman–Crippen LogP) is 13.8. The predicted molar refractivity (Wildman–Crippen MR) is 250 cm³/mol. The molecule has 0 aromatic carbocycles. The fourth-order valence-corrected chi connectivity index (χ4v) is 7.49. The first kappa shape index (κ1) is 58.2. The van der Waals surface area contributed by atoms with Gasteiger partial charge in [0.15, 0.2) is 6.10 Å². The highest BCUT2D eigenvalue weighted by Gasteiger charge is 2.21. The molecular formula is C50H94NO8P. The number of ether oxygens (including phenoxy) is 2. The molecule has 2 atom stereocenters. The van der Waals surface area contributed by atoms with Gasteiger partial charge in [-0.05, 0) is 64.2 Å². The third-order valence-electron chi connectivity index (χ3n) is 10.7. The van der Waals surface area contributed by atoms with Crippen molar-refractivity contribution in [2.24, 2.45) is 0 Å². The van der Waals surface area contributed by atoms with Crippen LogP contribution >= 0.6 is 7.82 Å². The van der Waals surface area contributed by atoms with Crippen LogP contribution in [0.5, 0.6) is 0 Å². The normalized spacial score (nSPS) is 13.8. The zero-order chi connectivity index (χ0) is 44.3. The molecule has 9 nitrogen and oxygen atoms in total. The van der Waals surface area contributed by atoms with Crippen molar-refractivity contribution in [2.45, 2.75) is 225 Å². The largest absolute Gasteiger partial charge is 0.756 e. The van der Waals surface area contributed by atoms with Gasteiger partial charge in [0.2, 0.25) is 0 Å². The smallest absolute Gasteiger partial charge is 0.306 e. The summed E-state index contributed by atoms with van der Waals surface area (Å²) in [5.74, 6) is -0.848. The van der Waals surface area contributed by atoms with Crippen LogP contribution in [0.1, 0.15) is 219 Å². The van der Waals surface area contributed by atoms with Crippen LogP contribution in [0.15, 0.2) is 36.5 Å². The third kappa shape index (κ3) is 45.7. The molecule has 0 heterocycles. The van der Waals surface area contributed by atoms with E-state index in [4.69, 9.17) is 18.5 Å². The minimum atomic E-state index is -4.63. The Hall–Kier alpha value is -1.77. The van der Waals surface area contributed by atoms with E-state index < -0.39 is 32.5 Å². The molecule has 0 radical (unpaired) electrons. The zero-order valence-corrected chi connectivity index (χ0v) is 40.6. The summed E-state index contributed by atoms with van der Waals surface area (Å²) < 4.78 is 34.0. The van der Waals surface area contributed by atoms with Gasteiger partial charge in [0.25, 0.3) is 7.82 Å². The van der Waals surface area contributed by atoms with E-state index in [1.54, 1.807) is 0 Å². The van der Waals surface area contributed by atoms with E-state index >= 15 is 0 Å². The van der Waals surface area contributed by atoms with Gasteiger partial charge in [-0.3, -0.25) is 14.2 Å². The number of quaternary nitrogens is 1. The summed E-state index contributed by atoms with van der Waals surface area (Å²) in [6.07, 6.45) is 48.8. The number of nitrogens with zero attached hydrogens (tertiary/aromatic N) is 1. The molecule has 0 fully saturated rings. The van der Waals surface area contributed by atoms with E-state index in [1.807, 2.05) is 21.1 Å². The lowest BCUT2D eigenvalue weighted by Gasteiger charge is -2.28. The van der Waals surface area contributed by atoms with Crippen molar-refractivity contribution in [3.8, 4) is 0 Å². The monoisotopic (exact) mass is 868 g/mol. The summed E-state index contributed by atoms with van der Waals surface area (Å²) in [5.41, 5.74) is 0. The van der Waals surface area contributed by atoms with Gasteiger partial charge < -0.3 is 27.9 Å². The summed E-state index contributed by atoms with van der Waals surface area (Å²) in [6, 6.07) is 0. The molecular weight excluding hydrogens is 774 g/mol. The van der Waals surface area contributed by atoms with E-state index in [9.17, 15) is 19.0 Å². The van der Waals surface area contributed by atoms with E-state index in [-0.39, 0.29) is 26.1 Å². The van der Waals surface area contributed by atoms with E-state index in [0.717, 1.165) is 57.8 Å². The summed E-state index contributed by atoms with van der Waals surface area (Å²) in [5, 5.41) is 0. The number of phosphoric acid groups is 1. The highest BCUT2D eigenvalue weighted by Crippen LogP contribution is 2.38. The van der Waals surface area contributed by atoms with Crippen molar-refractivity contribution < 1.29 is 42.1 Å². The number of rotatable bonds is 45. The Balaban J connectivity index is 4.27. The van der Waals surface area contributed by atoms with Gasteiger partial charge in [-0.2, -0.15) is 0 Å². The molecule has 0 aliphatic heterocycles. The molecule has 0 rings (SSSR count). The van der Waals surface area contributed by atoms with Crippen LogP contribution in [0.2, 0.25) is 0 Å². The second-order valence-corrected chi connectivity index (χ2v) is 19.3. The summed E-state index contributed by atoms with van der Waals surface area (Å²) in [6.45, 7) is 4.20. The van der Waals surface area contributed by atoms with Crippen LogP contribution in [0.3, 0.4) is 0 Å². The lowest BCUT2D eigenvalue weighted by Crippen LogP contribution is -2.37. The van der Waals surface area contributed by atoms with Gasteiger partial charge >= 0.3 is 11.9 Å². The maximum Gasteiger partial charge on any atom is 0.306 e. The van der Waals surface area contributed by atoms with Crippen molar-refractivity contribution in [2.75, 3.05) is 47.5 Å². The molecule has 0 saturated carbocycles. The molecule has 0 aliphatic carbocycles. The first-order valence-electron chi connectivity index (χ1n) is 24.7. The number of carbonyl (C=O) groups is 2. The molecule has 0 spiro atoms. The first-order valence-corrected chi connectivity index (χ1v) is 26.2. The number of unbranched alkanes of at least 4 members (excludes halogenated alkanes) is 26. The minimum absolute atomic E-state index is 0.0332. The quantitative estimate of drug-likeness (QED) is 0.0149. The molecule has 0 aromatic rings. The Labute approximate surface area is 370 Å². The van der Waals surface area contributed by atoms with Gasteiger partial charge in [-0.15, -0.1) is 0 Å². The number of phosphoric ester groups is 1. The van der Waals surface area contributed by atoms with E-state index in [1.165, 1.54) is 122 Å². The Bertz CT molecular complexity index is 1120. The van der Waals surface area contributed by atoms with Gasteiger partial charge in [0.1, 0.15) is 19.8 Å². The van der Waals surface area contributed by atoms with Crippen molar-refractivity contribution in [3.63, 3.8) is 0 Å². The molecule has 60 heavy (non-hydrogen) atoms. The molecule has 0 aromatic heterocycles. The number of esters is 2. The highest BCUT2D eigenvalue weighted by molar-refractivity contribution is 7.45. The first-order chi connectivity index (χ1) is 29.0. The molecule has 0 N–H and O–H groups in total. The molecule has 0 saturated heterocycles. The van der Waals surface area contributed by atoms with Crippen LogP contribution in [-0.2, 0) is 32.7 Å². The van der Waals surface area contributed by atoms with Gasteiger partial charge in [0, 0.05) is 12.8 Å². The topological polar surface area (TPSA) is 111 Å². The van der Waals surface area contributed by atoms with E-state index in [0.29, 0.717) is 23.9 Å². The summed E-state index contributed by atoms with van der Waals surface area (Å²) in [4.78, 5) is 37.6. The highest BCUT2D eigenvalue weighted by atomic mass is 31.2. The number of hydrogen-bond donors (Lipinski definition) is 0. The maximum atomic E-state index is 12.7. The van der Waals surface area contributed by atoms with Crippen LogP contribution in [0, 0.1) is 0 Å². The average molecular weight is 868 g/mol. The maximum absolute atomic E-state index is 12.7. The second kappa shape index (κ2) is 42.5. The number of likely N-dealkylation sites (N-methyl/N-ethyl adjacent to an activating group) is 1. The van der Waals surface area contributed by atoms with Crippen molar-refractivity contribution in [1.82, 2.24) is 0 Å². The Morgan fingerprint density at radius 1 is 0.517 bits per heavy atom. The molecule has 0 amide bonds. The zero-order valence-electron chi connectivity index (χ0n) is 39.7. The second-order valence-electron chi connectivity index (χ2n) is 17.9. The molecule has 352 valence electrons. The van der Waals surface area contributed by atoms with Crippen LogP contribution in [-0.4, -0.2) is 70.0 Å². The average Bonchev–Trinajstić information content (AvgIpc) is 3.20. The summed E-state index contributed by atoms with van der Waals surface area (Å²) in [7, 11) is 1.16. The number of hydrogen-bond acceptors (Lipinski definition) is 8. The van der Waals surface area contributed by atoms with Crippen molar-refractivity contribution >= 4 is 19.8 Å². The van der Waals surface area contributed by atoms with Crippen molar-refractivity contribution in [3.05, 3.63) is 36.5 Å². The van der Waals surface area contributed by atoms with Crippen LogP contribution in [0.25, 0.3) is 0 Å². The van der Waals surface area contributed by atoms with Crippen LogP contribution in [0.4, 0.5) is 0 Å². The lowest BCUT2D eigenvalue weighted by molar-refractivity contribution is -0.870. The minimum Gasteiger partial charge on any atom is -0.756 e. The number of carbonyl (C=O) groups excluding carboxylic acids is 2. The number of allylic oxidation sites excluding steroid dienone is 6. The van der Waals surface area contributed by atoms with Gasteiger partial charge in [0.05, 0.1) is 27.7 Å². The van der Waals surface area contributed by atoms with Crippen molar-refractivity contribution in [1.29, 1.82) is 0 Å². The summed E-state index contributed by atoms with van der Waals surface area (Å²) >= 11 is 0. The molecule has 0 bridgehead atoms. The molecule has 10 heteroatoms. The van der Waals surface area contributed by atoms with Crippen LogP contribution < -0.4 is 4.89 Å². The Morgan fingerprint density at radius 3 is 1.35 bits per heavy atom. The van der Waals surface area contributed by atoms with Gasteiger partial charge in [-0.25, -0.2) is 0 Å². The standard InChI is InChI=1S/C50H94NO8P/c1-6-8-10-12-14-16-18-20-22-23-24-25-26-27-29-31-33-35-37-39-41-43-50(53)59-48(47-58-60(54,55)57-45-44-51(3,4)5)46-56-49(52)42-40-38-36-34-32-30-28-21-19-17-15-13-11-9-7-2/h17,19-22,28,48H,6-16,18,23-27,29-47H2,1-5H3/b19-17+,22-20+,28-21+/t48-/m1/s1.